The molecule has 1 aromatic carbocycles. The number of benzene rings is 1. The first kappa shape index (κ1) is 14.5. The van der Waals surface area contributed by atoms with Crippen molar-refractivity contribution in [3.05, 3.63) is 42.0 Å². The van der Waals surface area contributed by atoms with Gasteiger partial charge >= 0.3 is 12.0 Å². The van der Waals surface area contributed by atoms with Crippen molar-refractivity contribution in [2.45, 2.75) is 18.4 Å². The average molecular weight is 316 g/mol. The highest BCUT2D eigenvalue weighted by Crippen LogP contribution is 2.39. The molecule has 0 bridgehead atoms. The molecule has 1 atom stereocenters. The number of hydrogen-bond acceptors (Lipinski definition) is 5. The molecule has 0 saturated carbocycles. The van der Waals surface area contributed by atoms with Gasteiger partial charge in [0.05, 0.1) is 18.3 Å². The Kier molecular flexibility index (Phi) is 3.17. The molecule has 2 heterocycles. The molecule has 0 fully saturated rings. The summed E-state index contributed by atoms with van der Waals surface area (Å²) in [6.07, 6.45) is -3.35. The van der Waals surface area contributed by atoms with E-state index in [-0.39, 0.29) is 11.3 Å². The Hall–Kier alpha value is -2.42. The Balaban J connectivity index is 1.88. The maximum absolute atomic E-state index is 14.1. The molecule has 2 aromatic rings. The fraction of sp³-hybridized carbons (Fsp3) is 0.231. The third-order valence-corrected chi connectivity index (χ3v) is 3.20. The summed E-state index contributed by atoms with van der Waals surface area (Å²) in [5.74, 6) is -4.23. The van der Waals surface area contributed by atoms with Crippen LogP contribution in [0, 0.1) is 5.82 Å². The molecule has 0 amide bonds. The molecule has 1 unspecified atom stereocenters. The van der Waals surface area contributed by atoms with Gasteiger partial charge in [-0.05, 0) is 17.7 Å². The number of halogens is 4. The van der Waals surface area contributed by atoms with Crippen molar-refractivity contribution in [2.24, 2.45) is 5.16 Å². The minimum Gasteiger partial charge on any atom is -0.364 e. The van der Waals surface area contributed by atoms with Crippen LogP contribution in [0.2, 0.25) is 0 Å². The average Bonchev–Trinajstić information content (AvgIpc) is 3.07. The van der Waals surface area contributed by atoms with E-state index in [9.17, 15) is 22.7 Å². The van der Waals surface area contributed by atoms with Gasteiger partial charge in [-0.3, -0.25) is 0 Å². The van der Waals surface area contributed by atoms with Crippen LogP contribution in [0.15, 0.2) is 40.3 Å². The SMILES string of the molecule is OC1(C(F)(F)F)CC(c2ccc(-c3cnoc3)cc2F)=NO1. The number of hydrogen-bond donors (Lipinski definition) is 1. The van der Waals surface area contributed by atoms with E-state index in [0.717, 1.165) is 6.07 Å². The number of aromatic nitrogens is 1. The Labute approximate surface area is 120 Å². The highest BCUT2D eigenvalue weighted by molar-refractivity contribution is 6.02. The lowest BCUT2D eigenvalue weighted by Crippen LogP contribution is -2.45. The maximum Gasteiger partial charge on any atom is 0.458 e. The number of oxime groups is 1. The highest BCUT2D eigenvalue weighted by Gasteiger charge is 2.60. The van der Waals surface area contributed by atoms with Crippen molar-refractivity contribution in [1.82, 2.24) is 5.16 Å². The van der Waals surface area contributed by atoms with Gasteiger partial charge in [-0.2, -0.15) is 13.2 Å². The van der Waals surface area contributed by atoms with Crippen LogP contribution in [0.4, 0.5) is 17.6 Å². The largest absolute Gasteiger partial charge is 0.458 e. The van der Waals surface area contributed by atoms with Gasteiger partial charge in [0.2, 0.25) is 0 Å². The first-order chi connectivity index (χ1) is 10.3. The summed E-state index contributed by atoms with van der Waals surface area (Å²) >= 11 is 0. The Bertz CT molecular complexity index is 727. The van der Waals surface area contributed by atoms with Gasteiger partial charge in [0.25, 0.3) is 0 Å². The van der Waals surface area contributed by atoms with Crippen molar-refractivity contribution >= 4 is 5.71 Å². The molecule has 0 radical (unpaired) electrons. The van der Waals surface area contributed by atoms with Crippen LogP contribution in [-0.2, 0) is 4.84 Å². The molecule has 0 saturated heterocycles. The van der Waals surface area contributed by atoms with Crippen LogP contribution in [0.3, 0.4) is 0 Å². The summed E-state index contributed by atoms with van der Waals surface area (Å²) in [7, 11) is 0. The number of rotatable bonds is 2. The molecule has 3 rings (SSSR count). The minimum absolute atomic E-state index is 0.180. The van der Waals surface area contributed by atoms with E-state index >= 15 is 0 Å². The van der Waals surface area contributed by atoms with Gasteiger partial charge in [-0.25, -0.2) is 4.39 Å². The zero-order valence-electron chi connectivity index (χ0n) is 10.8. The van der Waals surface area contributed by atoms with Gasteiger partial charge in [0.1, 0.15) is 12.1 Å². The monoisotopic (exact) mass is 316 g/mol. The second kappa shape index (κ2) is 4.80. The molecule has 0 aliphatic carbocycles. The fourth-order valence-electron chi connectivity index (χ4n) is 1.99. The van der Waals surface area contributed by atoms with Gasteiger partial charge in [-0.15, -0.1) is 0 Å². The van der Waals surface area contributed by atoms with E-state index < -0.39 is 24.2 Å². The smallest absolute Gasteiger partial charge is 0.364 e. The summed E-state index contributed by atoms with van der Waals surface area (Å²) in [5, 5.41) is 16.0. The lowest BCUT2D eigenvalue weighted by atomic mass is 9.99. The predicted octanol–water partition coefficient (Wildman–Crippen LogP) is 2.86. The van der Waals surface area contributed by atoms with E-state index in [1.165, 1.54) is 24.6 Å². The van der Waals surface area contributed by atoms with E-state index in [1.54, 1.807) is 0 Å². The van der Waals surface area contributed by atoms with Crippen LogP contribution in [0.5, 0.6) is 0 Å². The summed E-state index contributed by atoms with van der Waals surface area (Å²) in [6.45, 7) is 0. The predicted molar refractivity (Wildman–Crippen MR) is 65.1 cm³/mol. The van der Waals surface area contributed by atoms with Gasteiger partial charge in [-0.1, -0.05) is 16.4 Å². The standard InChI is InChI=1S/C13H8F4N2O3/c14-10-3-7(8-5-18-21-6-8)1-2-9(10)11-4-12(20,22-19-11)13(15,16)17/h1-3,5-6,20H,4H2. The number of alkyl halides is 3. The molecule has 116 valence electrons. The van der Waals surface area contributed by atoms with Gasteiger partial charge in [0.15, 0.2) is 0 Å². The zero-order chi connectivity index (χ0) is 16.0. The lowest BCUT2D eigenvalue weighted by molar-refractivity contribution is -0.355. The van der Waals surface area contributed by atoms with Crippen LogP contribution in [-0.4, -0.2) is 27.9 Å². The molecular weight excluding hydrogens is 308 g/mol. The Morgan fingerprint density at radius 2 is 2.00 bits per heavy atom. The lowest BCUT2D eigenvalue weighted by Gasteiger charge is -2.22. The fourth-order valence-corrected chi connectivity index (χ4v) is 1.99. The molecule has 5 nitrogen and oxygen atoms in total. The summed E-state index contributed by atoms with van der Waals surface area (Å²) in [5.41, 5.74) is 0.449. The molecule has 1 N–H and O–H groups in total. The third-order valence-electron chi connectivity index (χ3n) is 3.20. The van der Waals surface area contributed by atoms with Crippen LogP contribution < -0.4 is 0 Å². The topological polar surface area (TPSA) is 67.9 Å². The molecule has 22 heavy (non-hydrogen) atoms. The van der Waals surface area contributed by atoms with E-state index in [2.05, 4.69) is 19.7 Å². The van der Waals surface area contributed by atoms with Crippen LogP contribution in [0.25, 0.3) is 11.1 Å². The van der Waals surface area contributed by atoms with E-state index in [0.29, 0.717) is 11.1 Å². The Morgan fingerprint density at radius 1 is 1.23 bits per heavy atom. The minimum atomic E-state index is -5.03. The summed E-state index contributed by atoms with van der Waals surface area (Å²) < 4.78 is 56.6. The molecule has 9 heteroatoms. The van der Waals surface area contributed by atoms with Gasteiger partial charge in [0, 0.05) is 11.1 Å². The van der Waals surface area contributed by atoms with E-state index in [1.807, 2.05) is 0 Å². The molecule has 1 aliphatic heterocycles. The molecular formula is C13H8F4N2O3. The number of nitrogens with zero attached hydrogens (tertiary/aromatic N) is 2. The summed E-state index contributed by atoms with van der Waals surface area (Å²) in [6, 6.07) is 3.83. The normalized spacial score (nSPS) is 21.6. The first-order valence-electron chi connectivity index (χ1n) is 6.04. The van der Waals surface area contributed by atoms with Crippen LogP contribution in [0.1, 0.15) is 12.0 Å². The van der Waals surface area contributed by atoms with Gasteiger partial charge < -0.3 is 14.5 Å². The van der Waals surface area contributed by atoms with Crippen LogP contribution >= 0.6 is 0 Å². The Morgan fingerprint density at radius 3 is 2.55 bits per heavy atom. The van der Waals surface area contributed by atoms with Crippen molar-refractivity contribution in [3.8, 4) is 11.1 Å². The van der Waals surface area contributed by atoms with Crippen molar-refractivity contribution in [3.63, 3.8) is 0 Å². The van der Waals surface area contributed by atoms with Crippen molar-refractivity contribution in [1.29, 1.82) is 0 Å². The molecule has 1 aliphatic rings. The molecule has 0 spiro atoms. The summed E-state index contributed by atoms with van der Waals surface area (Å²) in [4.78, 5) is 4.06. The third kappa shape index (κ3) is 2.33. The molecule has 1 aromatic heterocycles. The zero-order valence-corrected chi connectivity index (χ0v) is 10.8. The number of aliphatic hydroxyl groups is 1. The second-order valence-corrected chi connectivity index (χ2v) is 4.70. The quantitative estimate of drug-likeness (QED) is 0.865. The van der Waals surface area contributed by atoms with E-state index in [4.69, 9.17) is 0 Å². The van der Waals surface area contributed by atoms with Crippen molar-refractivity contribution in [2.75, 3.05) is 0 Å². The van der Waals surface area contributed by atoms with Crippen molar-refractivity contribution < 1.29 is 32.0 Å². The first-order valence-corrected chi connectivity index (χ1v) is 6.04. The highest BCUT2D eigenvalue weighted by atomic mass is 19.4. The second-order valence-electron chi connectivity index (χ2n) is 4.70. The maximum atomic E-state index is 14.1.